The van der Waals surface area contributed by atoms with Crippen LogP contribution in [0.25, 0.3) is 0 Å². The zero-order valence-corrected chi connectivity index (χ0v) is 57.6. The molecule has 6 aliphatic heterocycles. The van der Waals surface area contributed by atoms with Gasteiger partial charge < -0.3 is 82.4 Å². The zero-order chi connectivity index (χ0) is 70.0. The van der Waals surface area contributed by atoms with E-state index in [1.54, 1.807) is 13.8 Å². The molecule has 10 aliphatic carbocycles. The van der Waals surface area contributed by atoms with Gasteiger partial charge in [0.1, 0.15) is 48.8 Å². The number of rotatable bonds is 6. The van der Waals surface area contributed by atoms with Gasteiger partial charge in [-0.3, -0.25) is 33.6 Å². The van der Waals surface area contributed by atoms with Crippen LogP contribution in [0.15, 0.2) is 0 Å². The van der Waals surface area contributed by atoms with E-state index in [-0.39, 0.29) is 35.9 Å². The Balaban J connectivity index is 0.000000159. The molecular formula is C70H94O26. The lowest BCUT2D eigenvalue weighted by Crippen LogP contribution is -2.73. The Kier molecular flexibility index (Phi) is 13.9. The second-order valence-electron chi connectivity index (χ2n) is 34.0. The molecule has 96 heavy (non-hydrogen) atoms. The van der Waals surface area contributed by atoms with Crippen LogP contribution in [-0.4, -0.2) is 193 Å². The maximum atomic E-state index is 14.9. The van der Waals surface area contributed by atoms with Crippen LogP contribution >= 0.6 is 0 Å². The molecule has 26 nitrogen and oxygen atoms in total. The Labute approximate surface area is 556 Å². The van der Waals surface area contributed by atoms with Crippen molar-refractivity contribution >= 4 is 53.5 Å². The van der Waals surface area contributed by atoms with Gasteiger partial charge in [-0.05, 0) is 106 Å². The number of epoxide rings is 4. The van der Waals surface area contributed by atoms with Gasteiger partial charge >= 0.3 is 47.8 Å². The Hall–Kier alpha value is -4.93. The summed E-state index contributed by atoms with van der Waals surface area (Å²) in [5.74, 6) is -18.0. The molecule has 530 valence electrons. The van der Waals surface area contributed by atoms with Gasteiger partial charge in [-0.2, -0.15) is 0 Å². The minimum Gasteiger partial charge on any atom is -0.462 e. The average molecular weight is 1350 g/mol. The lowest BCUT2D eigenvalue weighted by molar-refractivity contribution is -0.284. The lowest BCUT2D eigenvalue weighted by Gasteiger charge is -2.67. The predicted octanol–water partition coefficient (Wildman–Crippen LogP) is 2.45. The maximum Gasteiger partial charge on any atom is 0.353 e. The minimum atomic E-state index is -2.00. The quantitative estimate of drug-likeness (QED) is 0.145. The first kappa shape index (κ1) is 66.9. The number of carbonyl (C=O) groups excluding carboxylic acids is 9. The normalized spacial score (nSPS) is 60.4. The van der Waals surface area contributed by atoms with E-state index < -0.39 is 259 Å². The molecule has 0 aromatic rings. The summed E-state index contributed by atoms with van der Waals surface area (Å²) in [6.07, 6.45) is -11.2. The number of esters is 8. The first-order valence-electron chi connectivity index (χ1n) is 34.6. The summed E-state index contributed by atoms with van der Waals surface area (Å²) < 4.78 is 72.8. The van der Waals surface area contributed by atoms with E-state index in [0.29, 0.717) is 12.8 Å². The van der Waals surface area contributed by atoms with E-state index in [2.05, 4.69) is 0 Å². The highest BCUT2D eigenvalue weighted by Gasteiger charge is 2.96. The minimum absolute atomic E-state index is 0.204. The number of aliphatic hydroxyl groups excluding tert-OH is 4. The molecule has 26 heteroatoms. The fourth-order valence-corrected chi connectivity index (χ4v) is 27.3. The van der Waals surface area contributed by atoms with Crippen LogP contribution in [0.2, 0.25) is 0 Å². The van der Waals surface area contributed by atoms with Crippen molar-refractivity contribution in [2.24, 2.45) is 127 Å². The molecule has 6 heterocycles. The molecule has 0 aromatic heterocycles. The third kappa shape index (κ3) is 7.47. The number of fused-ring (bicyclic) bond motifs is 18. The number of hydrogen-bond donors (Lipinski definition) is 5. The molecule has 6 saturated heterocycles. The largest absolute Gasteiger partial charge is 0.462 e. The highest BCUT2D eigenvalue weighted by atomic mass is 16.8. The molecule has 0 aromatic carbocycles. The van der Waals surface area contributed by atoms with Crippen molar-refractivity contribution in [2.45, 2.75) is 252 Å². The number of ketones is 1. The molecular weight excluding hydrogens is 1260 g/mol. The molecule has 0 unspecified atom stereocenters. The van der Waals surface area contributed by atoms with Gasteiger partial charge in [-0.25, -0.2) is 9.59 Å². The lowest BCUT2D eigenvalue weighted by atomic mass is 9.39. The SMILES string of the molecule is CC(=O)O[C@H]1C(=O)[C@H]2C[C@@H]3O[C@@H]3[C@H](OC(C)=O)[C@]2(C)[C@H]2[C@H](C)[C@H](OC(C)=O)[C@@]3(C)[C@@H]([C@@H](O)[C@@H]4[C@@H]3[C@H](C)[C@@H]3O[C@@]35OC(=O)[C@@](C)(OC(C)=O)[C@]45C)[C@@H]21.CC(=O)O[C@H]1[C@@H](C)[C@H]2[C@@H]([C@@H](O)[C@@H](O)[C@H]3C[C@@H]4O[C@@H]4[C@H](OC(C)=O)[C@]23C)[C@@H]2[C@@H](O)[C@@H]3[C@H]([C@H](C)[C@@H]4O[C@]45OC(=O)[C@@](C)(O)[C@]35C)[C@]21C. The summed E-state index contributed by atoms with van der Waals surface area (Å²) in [7, 11) is 0. The number of Topliss-reactive ketones (excluding diaryl/α,β-unsaturated/α-hetero) is 1. The van der Waals surface area contributed by atoms with Gasteiger partial charge in [0.05, 0.1) is 47.5 Å². The summed E-state index contributed by atoms with van der Waals surface area (Å²) in [4.78, 5) is 118. The van der Waals surface area contributed by atoms with Gasteiger partial charge in [0, 0.05) is 92.8 Å². The van der Waals surface area contributed by atoms with Crippen molar-refractivity contribution in [3.8, 4) is 0 Å². The summed E-state index contributed by atoms with van der Waals surface area (Å²) in [6.45, 7) is 29.8. The van der Waals surface area contributed by atoms with E-state index in [1.807, 2.05) is 55.4 Å². The second-order valence-corrected chi connectivity index (χ2v) is 34.0. The number of hydrogen-bond acceptors (Lipinski definition) is 26. The number of aliphatic hydroxyl groups is 5. The topological polar surface area (TPSA) is 379 Å². The van der Waals surface area contributed by atoms with Gasteiger partial charge in [0.2, 0.25) is 11.4 Å². The molecule has 16 rings (SSSR count). The number of carbonyl (C=O) groups is 9. The van der Waals surface area contributed by atoms with Crippen LogP contribution in [-0.2, 0) is 100.0 Å². The van der Waals surface area contributed by atoms with E-state index >= 15 is 0 Å². The summed E-state index contributed by atoms with van der Waals surface area (Å²) in [5.41, 5.74) is -10.7. The van der Waals surface area contributed by atoms with Gasteiger partial charge in [0.15, 0.2) is 17.5 Å². The van der Waals surface area contributed by atoms with Crippen molar-refractivity contribution in [1.29, 1.82) is 0 Å². The van der Waals surface area contributed by atoms with E-state index in [1.165, 1.54) is 55.4 Å². The van der Waals surface area contributed by atoms with Crippen LogP contribution in [0.5, 0.6) is 0 Å². The smallest absolute Gasteiger partial charge is 0.353 e. The Bertz CT molecular complexity index is 3480. The molecule has 10 saturated carbocycles. The van der Waals surface area contributed by atoms with Crippen molar-refractivity contribution in [1.82, 2.24) is 0 Å². The third-order valence-electron chi connectivity index (χ3n) is 30.4. The van der Waals surface area contributed by atoms with Crippen LogP contribution in [0.4, 0.5) is 0 Å². The predicted molar refractivity (Wildman–Crippen MR) is 319 cm³/mol. The van der Waals surface area contributed by atoms with Gasteiger partial charge in [-0.1, -0.05) is 55.4 Å². The zero-order valence-electron chi connectivity index (χ0n) is 57.6. The highest BCUT2D eigenvalue weighted by Crippen LogP contribution is 2.84. The molecule has 16 aliphatic rings. The third-order valence-corrected chi connectivity index (χ3v) is 30.4. The molecule has 0 amide bonds. The van der Waals surface area contributed by atoms with Crippen LogP contribution in [0, 0.1) is 127 Å². The van der Waals surface area contributed by atoms with Gasteiger partial charge in [0.25, 0.3) is 5.79 Å². The van der Waals surface area contributed by atoms with E-state index in [4.69, 9.17) is 56.8 Å². The molecule has 5 N–H and O–H groups in total. The van der Waals surface area contributed by atoms with Crippen LogP contribution in [0.3, 0.4) is 0 Å². The first-order valence-corrected chi connectivity index (χ1v) is 34.6. The van der Waals surface area contributed by atoms with Crippen LogP contribution < -0.4 is 0 Å². The number of ether oxygens (including phenoxy) is 12. The summed E-state index contributed by atoms with van der Waals surface area (Å²) in [5, 5.41) is 61.7. The maximum absolute atomic E-state index is 14.9. The molecule has 0 radical (unpaired) electrons. The average Bonchev–Trinajstić information content (AvgIpc) is 1.46. The monoisotopic (exact) mass is 1350 g/mol. The molecule has 0 bridgehead atoms. The molecule has 41 atom stereocenters. The Morgan fingerprint density at radius 3 is 1.33 bits per heavy atom. The second kappa shape index (κ2) is 20.0. The highest BCUT2D eigenvalue weighted by molar-refractivity contribution is 5.91. The molecule has 2 spiro atoms. The Morgan fingerprint density at radius 2 is 0.854 bits per heavy atom. The Morgan fingerprint density at radius 1 is 0.438 bits per heavy atom. The van der Waals surface area contributed by atoms with Crippen molar-refractivity contribution in [2.75, 3.05) is 0 Å². The summed E-state index contributed by atoms with van der Waals surface area (Å²) in [6, 6.07) is 0. The fourth-order valence-electron chi connectivity index (χ4n) is 27.3. The standard InChI is InChI=1S/C37H48O14.C33H46O12/c1-12-21-20(28(45-14(3)38)25(42)18-11-19-27(48-19)31(33(18,21)7)47-16(5)40)23-26(43)24-22(34(23,8)29(12)46-15(4)39)13(2)30-37(50-30)35(24,9)36(10,32(44)51-37)49-17(6)41;1-10-17-16(22(37)21(36)14-9-15-24(43-15)27(29(14,17)5)42-13(4)35)19-23(38)20-18(30(19,6)25(10)41-12(3)34)11(2)26-33(44-26)31(20,7)32(8,40)28(39)45-33/h12-13,18-24,26-31,43H,11H2,1-10H3;10-11,14-27,36-38,40H,9H2,1-8H3/t12-,13-,18+,19-,20+,21-,22-,23+,24-,26+,27-,28+,29-,30-,31-,33-,34+,35-,36+,37+;10-,11-,14+,15-,16+,17-,18-,19+,20-,21-,22+,23+,24-,25-,26-,27-,29-,30+,31-,32+,33-/m00/s1. The van der Waals surface area contributed by atoms with Crippen molar-refractivity contribution < 1.29 is 126 Å². The van der Waals surface area contributed by atoms with E-state index in [9.17, 15) is 68.7 Å². The van der Waals surface area contributed by atoms with Crippen LogP contribution in [0.1, 0.15) is 137 Å². The summed E-state index contributed by atoms with van der Waals surface area (Å²) >= 11 is 0. The fraction of sp³-hybridized carbons (Fsp3) is 0.871. The molecule has 16 fully saturated rings. The van der Waals surface area contributed by atoms with E-state index in [0.717, 1.165) is 0 Å². The van der Waals surface area contributed by atoms with Gasteiger partial charge in [-0.15, -0.1) is 0 Å². The van der Waals surface area contributed by atoms with Crippen molar-refractivity contribution in [3.63, 3.8) is 0 Å². The van der Waals surface area contributed by atoms with Crippen molar-refractivity contribution in [3.05, 3.63) is 0 Å². The first-order chi connectivity index (χ1) is 44.5.